The Labute approximate surface area is 336 Å². The highest BCUT2D eigenvalue weighted by Crippen LogP contribution is 2.42. The van der Waals surface area contributed by atoms with Crippen LogP contribution < -0.4 is 26.6 Å². The maximum atomic E-state index is 12.6. The number of nitrogens with zero attached hydrogens (tertiary/aromatic N) is 11. The van der Waals surface area contributed by atoms with Crippen molar-refractivity contribution in [2.75, 3.05) is 93.7 Å². The van der Waals surface area contributed by atoms with Crippen LogP contribution >= 0.6 is 12.4 Å². The zero-order valence-corrected chi connectivity index (χ0v) is 32.7. The van der Waals surface area contributed by atoms with Crippen molar-refractivity contribution in [2.45, 2.75) is 4.90 Å². The number of phenolic OH excluding ortho intramolecular Hbond substituents is 1. The molecule has 57 heavy (non-hydrogen) atoms. The van der Waals surface area contributed by atoms with Gasteiger partial charge in [0, 0.05) is 89.6 Å². The molecule has 2 aliphatic heterocycles. The van der Waals surface area contributed by atoms with Crippen molar-refractivity contribution in [3.63, 3.8) is 0 Å². The molecule has 2 saturated heterocycles. The largest absolute Gasteiger partial charge is 0.505 e. The topological polar surface area (TPSA) is 240 Å². The molecule has 0 spiro atoms. The molecule has 0 saturated carbocycles. The van der Waals surface area contributed by atoms with E-state index in [0.717, 1.165) is 65.4 Å². The first-order valence-electron chi connectivity index (χ1n) is 18.3. The predicted octanol–water partition coefficient (Wildman–Crippen LogP) is 5.13. The molecular weight excluding hydrogens is 772 g/mol. The molecule has 300 valence electrons. The molecule has 7 N–H and O–H groups in total. The van der Waals surface area contributed by atoms with Crippen molar-refractivity contribution in [1.82, 2.24) is 24.8 Å². The predicted molar refractivity (Wildman–Crippen MR) is 222 cm³/mol. The monoisotopic (exact) mass is 816 g/mol. The molecule has 0 unspecified atom stereocenters. The molecule has 5 aromatic rings. The first kappa shape index (κ1) is 41.2. The number of piperazine rings is 2. The third-order valence-electron chi connectivity index (χ3n) is 9.55. The second-order valence-electron chi connectivity index (χ2n) is 13.4. The van der Waals surface area contributed by atoms with Crippen molar-refractivity contribution in [2.24, 2.45) is 31.9 Å². The Hall–Kier alpha value is -5.41. The van der Waals surface area contributed by atoms with E-state index in [4.69, 9.17) is 26.4 Å². The maximum absolute atomic E-state index is 12.6. The number of azo groups is 2. The van der Waals surface area contributed by atoms with Gasteiger partial charge >= 0.3 is 0 Å². The zero-order chi connectivity index (χ0) is 39.1. The van der Waals surface area contributed by atoms with Gasteiger partial charge in [-0.15, -0.1) is 17.5 Å². The molecule has 2 fully saturated rings. The first-order valence-corrected chi connectivity index (χ1v) is 19.7. The summed E-state index contributed by atoms with van der Waals surface area (Å²) in [6.45, 7) is 9.09. The van der Waals surface area contributed by atoms with Crippen LogP contribution in [0.4, 0.5) is 46.3 Å². The Morgan fingerprint density at radius 2 is 1.18 bits per heavy atom. The van der Waals surface area contributed by atoms with Gasteiger partial charge < -0.3 is 31.7 Å². The van der Waals surface area contributed by atoms with Crippen LogP contribution in [0.15, 0.2) is 104 Å². The van der Waals surface area contributed by atoms with Crippen LogP contribution in [0.25, 0.3) is 10.8 Å². The summed E-state index contributed by atoms with van der Waals surface area (Å²) >= 11 is 0. The second-order valence-corrected chi connectivity index (χ2v) is 14.7. The third-order valence-corrected chi connectivity index (χ3v) is 10.4. The van der Waals surface area contributed by atoms with Gasteiger partial charge in [0.2, 0.25) is 17.8 Å². The number of hydrogen-bond acceptors (Lipinski definition) is 17. The number of aromatic hydroxyl groups is 1. The van der Waals surface area contributed by atoms with E-state index in [1.165, 1.54) is 6.07 Å². The van der Waals surface area contributed by atoms with Crippen LogP contribution in [0.1, 0.15) is 0 Å². The minimum absolute atomic E-state index is 0. The number of rotatable bonds is 13. The summed E-state index contributed by atoms with van der Waals surface area (Å²) in [5, 5.41) is 31.7. The van der Waals surface area contributed by atoms with E-state index >= 15 is 0 Å². The lowest BCUT2D eigenvalue weighted by Crippen LogP contribution is -2.49. The van der Waals surface area contributed by atoms with Crippen molar-refractivity contribution in [1.29, 1.82) is 0 Å². The Morgan fingerprint density at radius 1 is 0.667 bits per heavy atom. The molecule has 18 nitrogen and oxygen atoms in total. The molecule has 0 amide bonds. The maximum Gasteiger partial charge on any atom is 0.296 e. The minimum Gasteiger partial charge on any atom is -0.505 e. The summed E-state index contributed by atoms with van der Waals surface area (Å²) in [5.41, 5.74) is 13.3. The van der Waals surface area contributed by atoms with Gasteiger partial charge in [-0.3, -0.25) is 14.4 Å². The summed E-state index contributed by atoms with van der Waals surface area (Å²) in [4.78, 5) is 22.7. The molecule has 0 radical (unpaired) electrons. The Bertz CT molecular complexity index is 2260. The number of aromatic nitrogens is 3. The zero-order valence-electron chi connectivity index (χ0n) is 31.1. The molecule has 0 aliphatic carbocycles. The molecule has 1 aromatic heterocycles. The van der Waals surface area contributed by atoms with E-state index < -0.39 is 26.5 Å². The van der Waals surface area contributed by atoms with Gasteiger partial charge in [-0.1, -0.05) is 18.2 Å². The van der Waals surface area contributed by atoms with E-state index in [0.29, 0.717) is 59.1 Å². The number of fused-ring (bicyclic) bond motifs is 1. The number of anilines is 4. The second kappa shape index (κ2) is 18.7. The Morgan fingerprint density at radius 3 is 1.68 bits per heavy atom. The minimum atomic E-state index is -4.84. The fraction of sp³-hybridized carbons (Fsp3) is 0.324. The Kier molecular flexibility index (Phi) is 13.5. The molecule has 3 heterocycles. The lowest BCUT2D eigenvalue weighted by Gasteiger charge is -2.36. The van der Waals surface area contributed by atoms with Gasteiger partial charge in [-0.05, 0) is 66.0 Å². The number of nitrogens with one attached hydrogen (secondary N) is 1. The van der Waals surface area contributed by atoms with Crippen LogP contribution in [0, 0.1) is 0 Å². The highest BCUT2D eigenvalue weighted by Gasteiger charge is 2.25. The number of phenols is 1. The third kappa shape index (κ3) is 10.3. The van der Waals surface area contributed by atoms with Crippen molar-refractivity contribution in [3.8, 4) is 5.75 Å². The normalized spacial score (nSPS) is 15.8. The van der Waals surface area contributed by atoms with E-state index in [9.17, 15) is 18.1 Å². The fourth-order valence-corrected chi connectivity index (χ4v) is 7.21. The summed E-state index contributed by atoms with van der Waals surface area (Å²) in [6, 6.07) is 22.0. The van der Waals surface area contributed by atoms with Crippen molar-refractivity contribution >= 4 is 79.6 Å². The van der Waals surface area contributed by atoms with Gasteiger partial charge in [0.25, 0.3) is 10.1 Å². The molecule has 4 aromatic carbocycles. The molecule has 2 aliphatic rings. The summed E-state index contributed by atoms with van der Waals surface area (Å²) in [5.74, 6) is 0.923. The van der Waals surface area contributed by atoms with Gasteiger partial charge in [0.1, 0.15) is 10.6 Å². The van der Waals surface area contributed by atoms with Crippen LogP contribution in [0.3, 0.4) is 0 Å². The van der Waals surface area contributed by atoms with Gasteiger partial charge in [-0.25, -0.2) is 0 Å². The standard InChI is InChI=1S/C37H44N14O4S.ClH/c38-12-14-48-16-20-50(21-17-48)36-41-35(42-37(43-36)51-22-18-49(15-13-39)19-23-51)40-30-10-11-31-26(24-30)25-32(56(53,54)55)33(34(31)52)47-46-29-8-6-28(7-9-29)45-44-27-4-2-1-3-5-27;/h1-11,24-25,52H,12-23,38-39H2,(H,53,54,55)(H,40,41,42,43);1H. The van der Waals surface area contributed by atoms with Crippen LogP contribution in [0.5, 0.6) is 5.75 Å². The summed E-state index contributed by atoms with van der Waals surface area (Å²) in [7, 11) is -4.84. The quantitative estimate of drug-likeness (QED) is 0.0765. The lowest BCUT2D eigenvalue weighted by molar-refractivity contribution is 0.262. The highest BCUT2D eigenvalue weighted by molar-refractivity contribution is 7.86. The number of hydrogen-bond donors (Lipinski definition) is 5. The van der Waals surface area contributed by atoms with Crippen LogP contribution in [-0.2, 0) is 10.1 Å². The fourth-order valence-electron chi connectivity index (χ4n) is 6.56. The average Bonchev–Trinajstić information content (AvgIpc) is 3.21. The number of halogens is 1. The molecule has 20 heteroatoms. The van der Waals surface area contributed by atoms with E-state index in [1.54, 1.807) is 42.5 Å². The lowest BCUT2D eigenvalue weighted by atomic mass is 10.1. The highest BCUT2D eigenvalue weighted by atomic mass is 35.5. The SMILES string of the molecule is Cl.NCCN1CCN(c2nc(Nc3ccc4c(O)c(N=Nc5ccc(N=Nc6ccccc6)cc5)c(S(=O)(=O)O)cc4c3)nc(N3CCN(CCN)CC3)n2)CC1. The van der Waals surface area contributed by atoms with E-state index in [-0.39, 0.29) is 17.8 Å². The van der Waals surface area contributed by atoms with Crippen molar-refractivity contribution < 1.29 is 18.1 Å². The average molecular weight is 817 g/mol. The number of benzene rings is 4. The molecular formula is C37H45ClN14O4S. The first-order chi connectivity index (χ1) is 27.2. The Balaban J connectivity index is 0.00000549. The van der Waals surface area contributed by atoms with Crippen molar-refractivity contribution in [3.05, 3.63) is 78.9 Å². The summed E-state index contributed by atoms with van der Waals surface area (Å²) in [6.07, 6.45) is 0. The number of nitrogens with two attached hydrogens (primary N) is 2. The molecule has 7 rings (SSSR count). The van der Waals surface area contributed by atoms with E-state index in [1.807, 2.05) is 30.3 Å². The summed E-state index contributed by atoms with van der Waals surface area (Å²) < 4.78 is 35.4. The van der Waals surface area contributed by atoms with Gasteiger partial charge in [0.05, 0.1) is 17.1 Å². The molecule has 0 atom stereocenters. The van der Waals surface area contributed by atoms with Crippen LogP contribution in [-0.4, -0.2) is 121 Å². The smallest absolute Gasteiger partial charge is 0.296 e. The van der Waals surface area contributed by atoms with Gasteiger partial charge in [0.15, 0.2) is 5.75 Å². The van der Waals surface area contributed by atoms with Crippen LogP contribution in [0.2, 0.25) is 0 Å². The van der Waals surface area contributed by atoms with Gasteiger partial charge in [-0.2, -0.15) is 38.7 Å². The van der Waals surface area contributed by atoms with E-state index in [2.05, 4.69) is 45.4 Å². The molecule has 0 bridgehead atoms.